The Labute approximate surface area is 153 Å². The van der Waals surface area contributed by atoms with Crippen LogP contribution < -0.4 is 21.3 Å². The van der Waals surface area contributed by atoms with Crippen LogP contribution in [0.25, 0.3) is 10.4 Å². The molecule has 0 amide bonds. The molecule has 0 fully saturated rings. The number of rotatable bonds is 7. The summed E-state index contributed by atoms with van der Waals surface area (Å²) < 4.78 is 5.85. The number of hydrogen-bond donors (Lipinski definition) is 3. The van der Waals surface area contributed by atoms with Crippen LogP contribution in [-0.2, 0) is 4.79 Å². The van der Waals surface area contributed by atoms with Gasteiger partial charge in [0.05, 0.1) is 10.6 Å². The van der Waals surface area contributed by atoms with Gasteiger partial charge in [-0.25, -0.2) is 9.59 Å². The van der Waals surface area contributed by atoms with Crippen molar-refractivity contribution in [3.8, 4) is 16.2 Å². The van der Waals surface area contributed by atoms with E-state index in [-0.39, 0.29) is 15.6 Å². The molecule has 0 aliphatic heterocycles. The van der Waals surface area contributed by atoms with Crippen molar-refractivity contribution in [1.29, 1.82) is 0 Å². The molecule has 0 saturated carbocycles. The Morgan fingerprint density at radius 2 is 1.77 bits per heavy atom. The van der Waals surface area contributed by atoms with Crippen molar-refractivity contribution in [2.45, 2.75) is 0 Å². The van der Waals surface area contributed by atoms with Crippen LogP contribution in [-0.4, -0.2) is 33.4 Å². The van der Waals surface area contributed by atoms with Crippen molar-refractivity contribution in [1.82, 2.24) is 4.68 Å². The molecule has 0 saturated heterocycles. The van der Waals surface area contributed by atoms with E-state index < -0.39 is 29.7 Å². The second kappa shape index (κ2) is 6.65. The fourth-order valence-electron chi connectivity index (χ4n) is 2.05. The normalized spacial score (nSPS) is 10.8. The number of ether oxygens (including phenoxy) is 1. The largest absolute Gasteiger partial charge is 0.479 e. The molecule has 3 aromatic rings. The summed E-state index contributed by atoms with van der Waals surface area (Å²) in [4.78, 5) is 44.1. The molecule has 0 unspecified atom stereocenters. The van der Waals surface area contributed by atoms with Crippen LogP contribution in [0, 0.1) is 0 Å². The van der Waals surface area contributed by atoms with Gasteiger partial charge in [-0.3, -0.25) is 15.0 Å². The molecular weight excluding hydrogens is 388 g/mol. The molecule has 9 nitrogen and oxygen atoms in total. The van der Waals surface area contributed by atoms with E-state index in [2.05, 4.69) is 5.43 Å². The van der Waals surface area contributed by atoms with Crippen LogP contribution in [0.15, 0.2) is 33.9 Å². The number of thiophene rings is 1. The molecule has 0 radical (unpaired) electrons. The van der Waals surface area contributed by atoms with Crippen LogP contribution >= 0.6 is 22.9 Å². The number of anilines is 1. The third kappa shape index (κ3) is 3.32. The number of carboxylic acid groups (broad SMARTS) is 2. The van der Waals surface area contributed by atoms with Crippen molar-refractivity contribution in [3.05, 3.63) is 54.9 Å². The zero-order chi connectivity index (χ0) is 19.0. The van der Waals surface area contributed by atoms with Gasteiger partial charge in [0.2, 0.25) is 0 Å². The highest BCUT2D eigenvalue weighted by Crippen LogP contribution is 2.45. The van der Waals surface area contributed by atoms with Gasteiger partial charge in [-0.1, -0.05) is 23.7 Å². The summed E-state index contributed by atoms with van der Waals surface area (Å²) in [6, 6.07) is 6.35. The molecule has 134 valence electrons. The highest BCUT2D eigenvalue weighted by atomic mass is 35.5. The fourth-order valence-corrected chi connectivity index (χ4v) is 3.46. The third-order valence-corrected chi connectivity index (χ3v) is 4.95. The van der Waals surface area contributed by atoms with E-state index in [1.54, 1.807) is 24.3 Å². The predicted octanol–water partition coefficient (Wildman–Crippen LogP) is 1.50. The van der Waals surface area contributed by atoms with E-state index >= 15 is 0 Å². The lowest BCUT2D eigenvalue weighted by molar-refractivity contribution is -0.139. The summed E-state index contributed by atoms with van der Waals surface area (Å²) >= 11 is 7.02. The number of benzene rings is 1. The van der Waals surface area contributed by atoms with Gasteiger partial charge >= 0.3 is 23.1 Å². The van der Waals surface area contributed by atoms with Gasteiger partial charge in [-0.15, -0.1) is 11.3 Å². The Hall–Kier alpha value is -3.11. The summed E-state index contributed by atoms with van der Waals surface area (Å²) in [6.07, 6.45) is 0. The third-order valence-electron chi connectivity index (χ3n) is 3.27. The van der Waals surface area contributed by atoms with Crippen LogP contribution in [0.1, 0.15) is 9.67 Å². The maximum atomic E-state index is 11.4. The average molecular weight is 397 g/mol. The summed E-state index contributed by atoms with van der Waals surface area (Å²) in [5, 5.41) is 17.9. The lowest BCUT2D eigenvalue weighted by Gasteiger charge is -2.04. The van der Waals surface area contributed by atoms with Gasteiger partial charge in [-0.2, -0.15) is 4.68 Å². The molecule has 3 N–H and O–H groups in total. The fraction of sp³-hybridized carbons (Fsp3) is 0.0667. The van der Waals surface area contributed by atoms with Gasteiger partial charge in [0.25, 0.3) is 0 Å². The number of aromatic carboxylic acids is 1. The highest BCUT2D eigenvalue weighted by Gasteiger charge is 2.24. The van der Waals surface area contributed by atoms with E-state index in [1.165, 1.54) is 0 Å². The molecular formula is C15H9ClN2O7S. The first-order chi connectivity index (χ1) is 12.3. The van der Waals surface area contributed by atoms with Crippen LogP contribution in [0.2, 0.25) is 5.02 Å². The van der Waals surface area contributed by atoms with Gasteiger partial charge in [-0.05, 0) is 17.7 Å². The maximum absolute atomic E-state index is 11.4. The Morgan fingerprint density at radius 1 is 1.15 bits per heavy atom. The Kier molecular flexibility index (Phi) is 4.53. The van der Waals surface area contributed by atoms with E-state index in [9.17, 15) is 24.3 Å². The second-order valence-corrected chi connectivity index (χ2v) is 6.42. The maximum Gasteiger partial charge on any atom is 0.349 e. The molecule has 26 heavy (non-hydrogen) atoms. The smallest absolute Gasteiger partial charge is 0.349 e. The number of aliphatic carboxylic acids is 1. The minimum atomic E-state index is -1.29. The quantitative estimate of drug-likeness (QED) is 0.511. The molecule has 0 spiro atoms. The SMILES string of the molecule is O=C(O)COc1c(C(=O)O)sc(-c2ccc(Nn3c(=O)c3=O)cc2)c1Cl. The number of nitrogens with zero attached hydrogens (tertiary/aromatic N) is 1. The Bertz CT molecular complexity index is 1050. The highest BCUT2D eigenvalue weighted by molar-refractivity contribution is 7.18. The number of carbonyl (C=O) groups is 2. The second-order valence-electron chi connectivity index (χ2n) is 5.03. The Balaban J connectivity index is 1.90. The number of halogens is 1. The van der Waals surface area contributed by atoms with Crippen molar-refractivity contribution >= 4 is 40.6 Å². The minimum absolute atomic E-state index is 0.00865. The van der Waals surface area contributed by atoms with Gasteiger partial charge < -0.3 is 14.9 Å². The average Bonchev–Trinajstić information content (AvgIpc) is 3.01. The van der Waals surface area contributed by atoms with Crippen molar-refractivity contribution in [2.24, 2.45) is 0 Å². The first-order valence-corrected chi connectivity index (χ1v) is 8.14. The summed E-state index contributed by atoms with van der Waals surface area (Å²) in [5.41, 5.74) is 2.35. The van der Waals surface area contributed by atoms with Crippen molar-refractivity contribution in [2.75, 3.05) is 12.0 Å². The topological polar surface area (TPSA) is 135 Å². The molecule has 2 heterocycles. The Morgan fingerprint density at radius 3 is 2.27 bits per heavy atom. The molecule has 1 aromatic carbocycles. The standard InChI is InChI=1S/C15H9ClN2O7S/c16-9-10(25-5-8(19)20)12(15(23)24)26-11(9)6-1-3-7(4-2-6)17-18-13(21)14(18)22/h1-4,17H,5H2,(H,19,20)(H,23,24). The predicted molar refractivity (Wildman–Crippen MR) is 93.2 cm³/mol. The molecule has 2 aromatic heterocycles. The van der Waals surface area contributed by atoms with E-state index in [4.69, 9.17) is 21.4 Å². The van der Waals surface area contributed by atoms with Gasteiger partial charge in [0.1, 0.15) is 5.02 Å². The number of carboxylic acids is 2. The van der Waals surface area contributed by atoms with E-state index in [1.807, 2.05) is 0 Å². The summed E-state index contributed by atoms with van der Waals surface area (Å²) in [5.74, 6) is -2.76. The van der Waals surface area contributed by atoms with E-state index in [0.717, 1.165) is 16.0 Å². The zero-order valence-corrected chi connectivity index (χ0v) is 14.3. The molecule has 3 rings (SSSR count). The van der Waals surface area contributed by atoms with Crippen LogP contribution in [0.3, 0.4) is 0 Å². The first-order valence-electron chi connectivity index (χ1n) is 6.95. The lowest BCUT2D eigenvalue weighted by atomic mass is 10.1. The molecule has 0 atom stereocenters. The van der Waals surface area contributed by atoms with Gasteiger partial charge in [0.15, 0.2) is 17.2 Å². The molecule has 11 heteroatoms. The molecule has 0 aliphatic rings. The minimum Gasteiger partial charge on any atom is -0.479 e. The monoisotopic (exact) mass is 396 g/mol. The first kappa shape index (κ1) is 17.7. The number of nitrogens with one attached hydrogen (secondary N) is 1. The molecule has 0 bridgehead atoms. The lowest BCUT2D eigenvalue weighted by Crippen LogP contribution is -2.10. The van der Waals surface area contributed by atoms with Crippen LogP contribution in [0.5, 0.6) is 5.75 Å². The van der Waals surface area contributed by atoms with Crippen molar-refractivity contribution < 1.29 is 24.5 Å². The summed E-state index contributed by atoms with van der Waals surface area (Å²) in [6.45, 7) is -0.725. The zero-order valence-electron chi connectivity index (χ0n) is 12.7. The van der Waals surface area contributed by atoms with Crippen LogP contribution in [0.4, 0.5) is 5.69 Å². The molecule has 0 aliphatic carbocycles. The van der Waals surface area contributed by atoms with E-state index in [0.29, 0.717) is 16.1 Å². The summed E-state index contributed by atoms with van der Waals surface area (Å²) in [7, 11) is 0. The number of hydrogen-bond acceptors (Lipinski definition) is 7. The number of aromatic nitrogens is 1. The van der Waals surface area contributed by atoms with Gasteiger partial charge in [0, 0.05) is 0 Å². The van der Waals surface area contributed by atoms with Crippen molar-refractivity contribution in [3.63, 3.8) is 0 Å².